The fraction of sp³-hybridized carbons (Fsp3) is 0.414. The van der Waals surface area contributed by atoms with E-state index < -0.39 is 46.1 Å². The number of nitrogens with one attached hydrogen (secondary N) is 4. The van der Waals surface area contributed by atoms with Crippen LogP contribution in [0.2, 0.25) is 5.02 Å². The van der Waals surface area contributed by atoms with Crippen molar-refractivity contribution in [1.29, 1.82) is 0 Å². The van der Waals surface area contributed by atoms with Crippen molar-refractivity contribution in [3.05, 3.63) is 47.2 Å². The number of fused-ring (bicyclic) bond motifs is 1. The summed E-state index contributed by atoms with van der Waals surface area (Å²) in [6.07, 6.45) is 2.14. The fourth-order valence-corrected chi connectivity index (χ4v) is 4.94. The molecule has 1 aliphatic rings. The van der Waals surface area contributed by atoms with E-state index in [2.05, 4.69) is 31.2 Å². The van der Waals surface area contributed by atoms with Crippen molar-refractivity contribution in [2.75, 3.05) is 24.2 Å². The first-order valence-corrected chi connectivity index (χ1v) is 14.1. The van der Waals surface area contributed by atoms with E-state index >= 15 is 0 Å². The maximum Gasteiger partial charge on any atom is 0.247 e. The van der Waals surface area contributed by atoms with Gasteiger partial charge in [-0.2, -0.15) is 0 Å². The van der Waals surface area contributed by atoms with Gasteiger partial charge in [-0.1, -0.05) is 32.4 Å². The van der Waals surface area contributed by atoms with Crippen molar-refractivity contribution in [1.82, 2.24) is 25.5 Å². The maximum atomic E-state index is 14.6. The van der Waals surface area contributed by atoms with Crippen LogP contribution in [0.1, 0.15) is 40.5 Å². The summed E-state index contributed by atoms with van der Waals surface area (Å²) in [6, 6.07) is 2.61. The molecule has 0 radical (unpaired) electrons. The minimum atomic E-state index is -1.02. The summed E-state index contributed by atoms with van der Waals surface area (Å²) in [5.74, 6) is -3.38. The number of likely N-dealkylation sites (tertiary alicyclic amines) is 1. The van der Waals surface area contributed by atoms with Gasteiger partial charge in [0.25, 0.3) is 0 Å². The maximum absolute atomic E-state index is 14.6. The second-order valence-corrected chi connectivity index (χ2v) is 11.8. The summed E-state index contributed by atoms with van der Waals surface area (Å²) in [5.41, 5.74) is -0.498. The number of carbonyl (C=O) groups is 3. The molecule has 1 aliphatic heterocycles. The van der Waals surface area contributed by atoms with E-state index in [0.29, 0.717) is 24.8 Å². The van der Waals surface area contributed by atoms with Gasteiger partial charge >= 0.3 is 0 Å². The van der Waals surface area contributed by atoms with E-state index in [1.54, 1.807) is 14.0 Å². The molecule has 4 rings (SSSR count). The van der Waals surface area contributed by atoms with Crippen LogP contribution >= 0.6 is 11.6 Å². The summed E-state index contributed by atoms with van der Waals surface area (Å²) in [5, 5.41) is 21.4. The minimum absolute atomic E-state index is 0.00998. The normalized spacial score (nSPS) is 16.6. The predicted octanol–water partition coefficient (Wildman–Crippen LogP) is 4.08. The molecule has 3 amide bonds. The molecule has 230 valence electrons. The summed E-state index contributed by atoms with van der Waals surface area (Å²) in [7, 11) is 1.64. The number of aromatic nitrogens is 2. The number of halogens is 3. The zero-order valence-corrected chi connectivity index (χ0v) is 25.1. The number of phenolic OH excluding ortho intramolecular Hbond substituents is 1. The van der Waals surface area contributed by atoms with Crippen LogP contribution in [0, 0.1) is 17.0 Å². The predicted molar refractivity (Wildman–Crippen MR) is 159 cm³/mol. The zero-order valence-electron chi connectivity index (χ0n) is 24.4. The highest BCUT2D eigenvalue weighted by molar-refractivity contribution is 6.31. The van der Waals surface area contributed by atoms with Gasteiger partial charge in [-0.25, -0.2) is 18.7 Å². The van der Waals surface area contributed by atoms with Crippen molar-refractivity contribution < 1.29 is 28.3 Å². The van der Waals surface area contributed by atoms with E-state index in [4.69, 9.17) is 11.6 Å². The van der Waals surface area contributed by atoms with Gasteiger partial charge in [0.2, 0.25) is 17.7 Å². The quantitative estimate of drug-likeness (QED) is 0.188. The lowest BCUT2D eigenvalue weighted by molar-refractivity contribution is -0.143. The van der Waals surface area contributed by atoms with Gasteiger partial charge < -0.3 is 31.3 Å². The van der Waals surface area contributed by atoms with E-state index in [0.717, 1.165) is 12.1 Å². The van der Waals surface area contributed by atoms with Crippen LogP contribution < -0.4 is 21.3 Å². The van der Waals surface area contributed by atoms with Crippen molar-refractivity contribution in [3.8, 4) is 5.75 Å². The molecule has 1 saturated heterocycles. The lowest BCUT2D eigenvalue weighted by atomic mass is 9.85. The number of rotatable bonds is 8. The average molecular weight is 618 g/mol. The minimum Gasteiger partial charge on any atom is -0.506 e. The molecule has 1 fully saturated rings. The molecule has 0 aliphatic carbocycles. The van der Waals surface area contributed by atoms with Crippen molar-refractivity contribution >= 4 is 57.4 Å². The van der Waals surface area contributed by atoms with Gasteiger partial charge in [-0.15, -0.1) is 0 Å². The standard InChI is InChI=1S/C29H34ClF2N7O4/c1-14(33-5)26(41)38-24(29(2,3)4)28(43)39-10-6-7-20(39)27(42)37-19-11-15-18(12-21(19)40)34-13-35-25(15)36-17-9-8-16(31)22(30)23(17)32/h8-9,11-14,20,24,33,40H,6-7,10H2,1-5H3,(H,37,42)(H,38,41)(H,34,35,36)/t14-,20-,24+/m0/s1. The number of amides is 3. The third-order valence-corrected chi connectivity index (χ3v) is 7.71. The molecule has 5 N–H and O–H groups in total. The Morgan fingerprint density at radius 2 is 1.86 bits per heavy atom. The van der Waals surface area contributed by atoms with E-state index in [-0.39, 0.29) is 40.3 Å². The summed E-state index contributed by atoms with van der Waals surface area (Å²) in [6.45, 7) is 7.49. The van der Waals surface area contributed by atoms with Crippen LogP contribution in [-0.4, -0.2) is 69.4 Å². The van der Waals surface area contributed by atoms with Crippen molar-refractivity contribution in [2.45, 2.75) is 58.7 Å². The van der Waals surface area contributed by atoms with Crippen LogP contribution in [0.3, 0.4) is 0 Å². The third kappa shape index (κ3) is 6.78. The highest BCUT2D eigenvalue weighted by Gasteiger charge is 2.42. The number of phenols is 1. The number of nitrogens with zero attached hydrogens (tertiary/aromatic N) is 3. The molecule has 0 spiro atoms. The number of hydrogen-bond acceptors (Lipinski definition) is 8. The zero-order chi connectivity index (χ0) is 31.6. The number of likely N-dealkylation sites (N-methyl/N-ethyl adjacent to an activating group) is 1. The summed E-state index contributed by atoms with van der Waals surface area (Å²) >= 11 is 5.70. The molecule has 0 unspecified atom stereocenters. The topological polar surface area (TPSA) is 149 Å². The second-order valence-electron chi connectivity index (χ2n) is 11.5. The van der Waals surface area contributed by atoms with Gasteiger partial charge in [0.05, 0.1) is 22.9 Å². The first-order valence-electron chi connectivity index (χ1n) is 13.7. The van der Waals surface area contributed by atoms with Crippen LogP contribution in [-0.2, 0) is 14.4 Å². The fourth-order valence-electron chi connectivity index (χ4n) is 4.77. The average Bonchev–Trinajstić information content (AvgIpc) is 3.45. The van der Waals surface area contributed by atoms with Crippen LogP contribution in [0.5, 0.6) is 5.75 Å². The highest BCUT2D eigenvalue weighted by Crippen LogP contribution is 2.35. The Morgan fingerprint density at radius 1 is 1.14 bits per heavy atom. The molecule has 3 aromatic rings. The largest absolute Gasteiger partial charge is 0.506 e. The van der Waals surface area contributed by atoms with Gasteiger partial charge in [0.15, 0.2) is 5.82 Å². The van der Waals surface area contributed by atoms with Gasteiger partial charge in [-0.05, 0) is 50.4 Å². The molecule has 11 nitrogen and oxygen atoms in total. The van der Waals surface area contributed by atoms with E-state index in [1.807, 2.05) is 20.8 Å². The summed E-state index contributed by atoms with van der Waals surface area (Å²) < 4.78 is 28.2. The first kappa shape index (κ1) is 31.8. The molecule has 0 saturated carbocycles. The van der Waals surface area contributed by atoms with Crippen LogP contribution in [0.25, 0.3) is 10.9 Å². The molecule has 43 heavy (non-hydrogen) atoms. The Morgan fingerprint density at radius 3 is 2.53 bits per heavy atom. The molecular weight excluding hydrogens is 584 g/mol. The second kappa shape index (κ2) is 12.6. The summed E-state index contributed by atoms with van der Waals surface area (Å²) in [4.78, 5) is 49.5. The van der Waals surface area contributed by atoms with Crippen LogP contribution in [0.4, 0.5) is 26.0 Å². The van der Waals surface area contributed by atoms with E-state index in [1.165, 1.54) is 23.4 Å². The SMILES string of the molecule is CN[C@@H](C)C(=O)N[C@H](C(=O)N1CCC[C@H]1C(=O)Nc1cc2c(Nc3ccc(F)c(Cl)c3F)ncnc2cc1O)C(C)(C)C. The molecule has 2 heterocycles. The smallest absolute Gasteiger partial charge is 0.247 e. The molecule has 2 aromatic carbocycles. The molecule has 1 aromatic heterocycles. The molecule has 14 heteroatoms. The molecule has 3 atom stereocenters. The third-order valence-electron chi connectivity index (χ3n) is 7.36. The Bertz CT molecular complexity index is 1570. The highest BCUT2D eigenvalue weighted by atomic mass is 35.5. The lowest BCUT2D eigenvalue weighted by Crippen LogP contribution is -2.59. The Balaban J connectivity index is 1.59. The van der Waals surface area contributed by atoms with Gasteiger partial charge in [0, 0.05) is 18.0 Å². The molecule has 0 bridgehead atoms. The number of benzene rings is 2. The Labute approximate surface area is 252 Å². The monoisotopic (exact) mass is 617 g/mol. The van der Waals surface area contributed by atoms with Gasteiger partial charge in [0.1, 0.15) is 40.8 Å². The first-order chi connectivity index (χ1) is 20.2. The molecular formula is C29H34ClF2N7O4. The number of hydrogen-bond donors (Lipinski definition) is 5. The van der Waals surface area contributed by atoms with Crippen LogP contribution in [0.15, 0.2) is 30.6 Å². The van der Waals surface area contributed by atoms with Crippen molar-refractivity contribution in [3.63, 3.8) is 0 Å². The van der Waals surface area contributed by atoms with Crippen molar-refractivity contribution in [2.24, 2.45) is 5.41 Å². The Hall–Kier alpha value is -4.10. The number of aromatic hydroxyl groups is 1. The number of anilines is 3. The lowest BCUT2D eigenvalue weighted by Gasteiger charge is -2.36. The van der Waals surface area contributed by atoms with E-state index in [9.17, 15) is 28.3 Å². The number of carbonyl (C=O) groups excluding carboxylic acids is 3. The van der Waals surface area contributed by atoms with Gasteiger partial charge in [-0.3, -0.25) is 14.4 Å². The Kier molecular flexibility index (Phi) is 9.35.